The van der Waals surface area contributed by atoms with E-state index in [0.717, 1.165) is 0 Å². The summed E-state index contributed by atoms with van der Waals surface area (Å²) >= 11 is 0. The zero-order valence-electron chi connectivity index (χ0n) is 7.49. The van der Waals surface area contributed by atoms with Crippen LogP contribution in [0.1, 0.15) is 0 Å². The van der Waals surface area contributed by atoms with Crippen LogP contribution in [-0.4, -0.2) is 18.4 Å². The summed E-state index contributed by atoms with van der Waals surface area (Å²) in [5, 5.41) is 4.68. The second kappa shape index (κ2) is 3.44. The molecule has 7 heteroatoms. The molecule has 0 amide bonds. The fraction of sp³-hybridized carbons (Fsp3) is 0. The van der Waals surface area contributed by atoms with Crippen LogP contribution in [0.15, 0.2) is 40.4 Å². The summed E-state index contributed by atoms with van der Waals surface area (Å²) in [5.74, 6) is 0. The molecule has 0 aliphatic rings. The number of nitrogens with zero attached hydrogens (tertiary/aromatic N) is 2. The number of furan rings is 1. The van der Waals surface area contributed by atoms with Crippen molar-refractivity contribution in [3.05, 3.63) is 30.9 Å². The lowest BCUT2D eigenvalue weighted by Gasteiger charge is -1.98. The van der Waals surface area contributed by atoms with Gasteiger partial charge in [0.15, 0.2) is 0 Å². The Morgan fingerprint density at radius 2 is 2.13 bits per heavy atom. The maximum atomic E-state index is 11.1. The average molecular weight is 225 g/mol. The van der Waals surface area contributed by atoms with E-state index in [4.69, 9.17) is 9.56 Å². The van der Waals surface area contributed by atoms with Crippen molar-refractivity contribution in [3.63, 3.8) is 0 Å². The summed E-state index contributed by atoms with van der Waals surface area (Å²) < 4.78 is 27.1. The van der Waals surface area contributed by atoms with Crippen molar-refractivity contribution in [1.29, 1.82) is 0 Å². The molecule has 0 bridgehead atoms. The van der Waals surface area contributed by atoms with Crippen LogP contribution in [-0.2, 0) is 10.0 Å². The van der Waals surface area contributed by atoms with Crippen LogP contribution in [0.2, 0.25) is 0 Å². The Morgan fingerprint density at radius 3 is 2.73 bits per heavy atom. The lowest BCUT2D eigenvalue weighted by atomic mass is 10.2. The van der Waals surface area contributed by atoms with Gasteiger partial charge in [0.25, 0.3) is 10.0 Å². The molecule has 0 unspecified atom stereocenters. The molecule has 0 aromatic carbocycles. The van der Waals surface area contributed by atoms with Crippen molar-refractivity contribution >= 4 is 10.0 Å². The van der Waals surface area contributed by atoms with E-state index in [1.54, 1.807) is 6.07 Å². The first-order chi connectivity index (χ1) is 7.09. The quantitative estimate of drug-likeness (QED) is 0.796. The van der Waals surface area contributed by atoms with Gasteiger partial charge in [-0.25, -0.2) is 23.5 Å². The van der Waals surface area contributed by atoms with Gasteiger partial charge in [-0.05, 0) is 12.1 Å². The molecule has 0 atom stereocenters. The number of nitrogens with two attached hydrogens (primary N) is 1. The molecular weight excluding hydrogens is 218 g/mol. The molecule has 2 N–H and O–H groups in total. The normalized spacial score (nSPS) is 11.5. The molecule has 78 valence electrons. The minimum absolute atomic E-state index is 0.291. The van der Waals surface area contributed by atoms with Crippen molar-refractivity contribution in [1.82, 2.24) is 9.97 Å². The third kappa shape index (κ3) is 1.88. The third-order valence-corrected chi connectivity index (χ3v) is 2.58. The second-order valence-electron chi connectivity index (χ2n) is 2.76. The minimum atomic E-state index is -3.87. The highest BCUT2D eigenvalue weighted by atomic mass is 32.2. The first-order valence-electron chi connectivity index (χ1n) is 3.96. The molecule has 15 heavy (non-hydrogen) atoms. The van der Waals surface area contributed by atoms with Gasteiger partial charge in [-0.2, -0.15) is 0 Å². The number of hydrogen-bond donors (Lipinski definition) is 1. The van der Waals surface area contributed by atoms with Gasteiger partial charge in [-0.3, -0.25) is 0 Å². The summed E-state index contributed by atoms with van der Waals surface area (Å²) in [5.41, 5.74) is 0.780. The van der Waals surface area contributed by atoms with Gasteiger partial charge in [-0.15, -0.1) is 0 Å². The van der Waals surface area contributed by atoms with Crippen molar-refractivity contribution in [3.8, 4) is 11.3 Å². The van der Waals surface area contributed by atoms with Crippen LogP contribution >= 0.6 is 0 Å². The fourth-order valence-corrected chi connectivity index (χ4v) is 1.82. The van der Waals surface area contributed by atoms with Gasteiger partial charge in [0, 0.05) is 6.20 Å². The highest BCUT2D eigenvalue weighted by Gasteiger charge is 2.19. The van der Waals surface area contributed by atoms with E-state index in [9.17, 15) is 8.42 Å². The summed E-state index contributed by atoms with van der Waals surface area (Å²) in [4.78, 5) is 7.63. The number of rotatable bonds is 2. The van der Waals surface area contributed by atoms with Crippen LogP contribution in [0.5, 0.6) is 0 Å². The maximum absolute atomic E-state index is 11.1. The largest absolute Gasteiger partial charge is 0.451 e. The van der Waals surface area contributed by atoms with Crippen LogP contribution in [0, 0.1) is 0 Å². The number of aromatic nitrogens is 2. The van der Waals surface area contributed by atoms with E-state index < -0.39 is 10.0 Å². The average Bonchev–Trinajstić information content (AvgIpc) is 2.67. The maximum Gasteiger partial charge on any atom is 0.272 e. The molecule has 0 saturated carbocycles. The number of primary sulfonamides is 1. The molecular formula is C8H7N3O3S. The molecule has 6 nitrogen and oxygen atoms in total. The standard InChI is InChI=1S/C8H7N3O3S/c9-15(12,13)8-6(2-4-14-8)7-1-3-10-5-11-7/h1-5H,(H2,9,12,13). The Hall–Kier alpha value is -1.73. The number of hydrogen-bond acceptors (Lipinski definition) is 5. The Balaban J connectivity index is 2.61. The minimum Gasteiger partial charge on any atom is -0.451 e. The van der Waals surface area contributed by atoms with Gasteiger partial charge in [0.2, 0.25) is 5.09 Å². The Labute approximate surface area is 85.8 Å². The van der Waals surface area contributed by atoms with E-state index in [-0.39, 0.29) is 5.09 Å². The molecule has 2 aromatic heterocycles. The molecule has 0 saturated heterocycles. The highest BCUT2D eigenvalue weighted by Crippen LogP contribution is 2.25. The van der Waals surface area contributed by atoms with Gasteiger partial charge < -0.3 is 4.42 Å². The summed E-state index contributed by atoms with van der Waals surface area (Å²) in [6, 6.07) is 3.06. The van der Waals surface area contributed by atoms with Crippen molar-refractivity contribution in [2.24, 2.45) is 5.14 Å². The van der Waals surface area contributed by atoms with Crippen LogP contribution in [0.25, 0.3) is 11.3 Å². The van der Waals surface area contributed by atoms with Gasteiger partial charge in [0.1, 0.15) is 6.33 Å². The predicted octanol–water partition coefficient (Wildman–Crippen LogP) is 0.384. The highest BCUT2D eigenvalue weighted by molar-refractivity contribution is 7.89. The molecule has 2 heterocycles. The topological polar surface area (TPSA) is 99.1 Å². The molecule has 0 spiro atoms. The molecule has 0 aliphatic heterocycles. The molecule has 0 fully saturated rings. The van der Waals surface area contributed by atoms with Crippen LogP contribution in [0.4, 0.5) is 0 Å². The van der Waals surface area contributed by atoms with E-state index in [0.29, 0.717) is 11.3 Å². The van der Waals surface area contributed by atoms with E-state index in [1.165, 1.54) is 24.9 Å². The Morgan fingerprint density at radius 1 is 1.33 bits per heavy atom. The lowest BCUT2D eigenvalue weighted by molar-refractivity contribution is 0.452. The van der Waals surface area contributed by atoms with Crippen LogP contribution < -0.4 is 5.14 Å². The van der Waals surface area contributed by atoms with Gasteiger partial charge >= 0.3 is 0 Å². The first-order valence-corrected chi connectivity index (χ1v) is 5.50. The van der Waals surface area contributed by atoms with Gasteiger partial charge in [-0.1, -0.05) is 0 Å². The van der Waals surface area contributed by atoms with Crippen molar-refractivity contribution in [2.75, 3.05) is 0 Å². The lowest BCUT2D eigenvalue weighted by Crippen LogP contribution is -2.12. The Kier molecular flexibility index (Phi) is 2.25. The summed E-state index contributed by atoms with van der Waals surface area (Å²) in [7, 11) is -3.87. The number of sulfonamides is 1. The van der Waals surface area contributed by atoms with E-state index in [2.05, 4.69) is 9.97 Å². The van der Waals surface area contributed by atoms with E-state index in [1.807, 2.05) is 0 Å². The smallest absolute Gasteiger partial charge is 0.272 e. The van der Waals surface area contributed by atoms with E-state index >= 15 is 0 Å². The van der Waals surface area contributed by atoms with Crippen molar-refractivity contribution < 1.29 is 12.8 Å². The van der Waals surface area contributed by atoms with Crippen molar-refractivity contribution in [2.45, 2.75) is 5.09 Å². The summed E-state index contributed by atoms with van der Waals surface area (Å²) in [6.45, 7) is 0. The van der Waals surface area contributed by atoms with Crippen LogP contribution in [0.3, 0.4) is 0 Å². The fourth-order valence-electron chi connectivity index (χ4n) is 1.16. The molecule has 0 aliphatic carbocycles. The molecule has 2 aromatic rings. The zero-order valence-corrected chi connectivity index (χ0v) is 8.31. The predicted molar refractivity (Wildman–Crippen MR) is 51.1 cm³/mol. The molecule has 0 radical (unpaired) electrons. The SMILES string of the molecule is NS(=O)(=O)c1occc1-c1ccncn1. The third-order valence-electron chi connectivity index (χ3n) is 1.75. The zero-order chi connectivity index (χ0) is 10.9. The Bertz CT molecular complexity index is 562. The first kappa shape index (κ1) is 9.81. The molecule has 2 rings (SSSR count). The summed E-state index contributed by atoms with van der Waals surface area (Å²) in [6.07, 6.45) is 4.06. The monoisotopic (exact) mass is 225 g/mol. The van der Waals surface area contributed by atoms with Gasteiger partial charge in [0.05, 0.1) is 17.5 Å². The second-order valence-corrected chi connectivity index (χ2v) is 4.22.